The van der Waals surface area contributed by atoms with Crippen LogP contribution in [0.2, 0.25) is 0 Å². The lowest BCUT2D eigenvalue weighted by Gasteiger charge is -2.18. The van der Waals surface area contributed by atoms with Crippen molar-refractivity contribution >= 4 is 23.6 Å². The summed E-state index contributed by atoms with van der Waals surface area (Å²) in [4.78, 5) is 36.3. The second-order valence-electron chi connectivity index (χ2n) is 5.46. The molecule has 1 atom stereocenters. The van der Waals surface area contributed by atoms with Gasteiger partial charge in [0.2, 0.25) is 0 Å². The normalized spacial score (nSPS) is 15.6. The minimum Gasteiger partial charge on any atom is -0.480 e. The number of hydrogen-bond acceptors (Lipinski definition) is 3. The largest absolute Gasteiger partial charge is 0.480 e. The molecule has 1 aromatic rings. The molecule has 7 heteroatoms. The van der Waals surface area contributed by atoms with Crippen LogP contribution in [0.25, 0.3) is 0 Å². The summed E-state index contributed by atoms with van der Waals surface area (Å²) >= 11 is 0. The summed E-state index contributed by atoms with van der Waals surface area (Å²) in [5.41, 5.74) is 1.06. The average Bonchev–Trinajstić information content (AvgIpc) is 2.90. The summed E-state index contributed by atoms with van der Waals surface area (Å²) in [5, 5.41) is 14.3. The lowest BCUT2D eigenvalue weighted by atomic mass is 10.0. The number of carboxylic acid groups (broad SMARTS) is 1. The van der Waals surface area contributed by atoms with Crippen molar-refractivity contribution in [1.82, 2.24) is 10.6 Å². The van der Waals surface area contributed by atoms with Crippen molar-refractivity contribution in [3.8, 4) is 0 Å². The molecule has 22 heavy (non-hydrogen) atoms. The predicted octanol–water partition coefficient (Wildman–Crippen LogP) is 1.06. The second kappa shape index (κ2) is 6.46. The molecule has 1 aliphatic heterocycles. The highest BCUT2D eigenvalue weighted by Crippen LogP contribution is 2.17. The number of rotatable bonds is 5. The predicted molar refractivity (Wildman–Crippen MR) is 80.9 cm³/mol. The smallest absolute Gasteiger partial charge is 0.326 e. The van der Waals surface area contributed by atoms with Gasteiger partial charge in [-0.15, -0.1) is 0 Å². The first-order valence-corrected chi connectivity index (χ1v) is 7.09. The molecule has 1 heterocycles. The van der Waals surface area contributed by atoms with E-state index in [4.69, 9.17) is 5.11 Å². The number of aliphatic carboxylic acids is 1. The Balaban J connectivity index is 2.08. The van der Waals surface area contributed by atoms with Crippen LogP contribution in [0.3, 0.4) is 0 Å². The zero-order valence-corrected chi connectivity index (χ0v) is 12.5. The van der Waals surface area contributed by atoms with E-state index >= 15 is 0 Å². The van der Waals surface area contributed by atoms with Gasteiger partial charge in [0.15, 0.2) is 0 Å². The molecule has 2 rings (SSSR count). The Labute approximate surface area is 128 Å². The summed E-state index contributed by atoms with van der Waals surface area (Å²) < 4.78 is 0. The maximum absolute atomic E-state index is 12.1. The number of nitrogens with zero attached hydrogens (tertiary/aromatic N) is 1. The summed E-state index contributed by atoms with van der Waals surface area (Å²) in [5.74, 6) is -1.72. The van der Waals surface area contributed by atoms with E-state index in [9.17, 15) is 14.4 Å². The van der Waals surface area contributed by atoms with E-state index in [1.807, 2.05) is 0 Å². The first-order chi connectivity index (χ1) is 10.4. The number of hydrogen-bond donors (Lipinski definition) is 3. The number of benzene rings is 1. The van der Waals surface area contributed by atoms with Crippen molar-refractivity contribution in [2.45, 2.75) is 19.9 Å². The fraction of sp³-hybridized carbons (Fsp3) is 0.400. The minimum atomic E-state index is -1.06. The SMILES string of the molecule is CC(C)[C@H](NC(=O)c1ccc(N2CCNC2=O)cc1)C(=O)O. The van der Waals surface area contributed by atoms with Gasteiger partial charge in [-0.25, -0.2) is 9.59 Å². The lowest BCUT2D eigenvalue weighted by Crippen LogP contribution is -2.44. The van der Waals surface area contributed by atoms with Crippen molar-refractivity contribution in [2.75, 3.05) is 18.0 Å². The van der Waals surface area contributed by atoms with Gasteiger partial charge < -0.3 is 15.7 Å². The van der Waals surface area contributed by atoms with Crippen LogP contribution in [0.15, 0.2) is 24.3 Å². The summed E-state index contributed by atoms with van der Waals surface area (Å²) in [6.07, 6.45) is 0. The van der Waals surface area contributed by atoms with Crippen LogP contribution in [0.1, 0.15) is 24.2 Å². The van der Waals surface area contributed by atoms with Crippen molar-refractivity contribution in [3.05, 3.63) is 29.8 Å². The van der Waals surface area contributed by atoms with Crippen LogP contribution in [-0.4, -0.2) is 42.1 Å². The van der Waals surface area contributed by atoms with Gasteiger partial charge in [-0.1, -0.05) is 13.8 Å². The van der Waals surface area contributed by atoms with E-state index in [1.165, 1.54) is 0 Å². The molecule has 0 aliphatic carbocycles. The molecule has 1 fully saturated rings. The van der Waals surface area contributed by atoms with Gasteiger partial charge in [-0.2, -0.15) is 0 Å². The molecule has 0 aromatic heterocycles. The molecule has 1 aromatic carbocycles. The van der Waals surface area contributed by atoms with Crippen LogP contribution < -0.4 is 15.5 Å². The summed E-state index contributed by atoms with van der Waals surface area (Å²) in [6, 6.07) is 5.40. The third kappa shape index (κ3) is 3.36. The third-order valence-electron chi connectivity index (χ3n) is 3.52. The van der Waals surface area contributed by atoms with E-state index < -0.39 is 17.9 Å². The Morgan fingerprint density at radius 2 is 1.91 bits per heavy atom. The summed E-state index contributed by atoms with van der Waals surface area (Å²) in [6.45, 7) is 4.64. The first kappa shape index (κ1) is 15.8. The van der Waals surface area contributed by atoms with Crippen LogP contribution >= 0.6 is 0 Å². The van der Waals surface area contributed by atoms with Gasteiger partial charge in [0.25, 0.3) is 5.91 Å². The quantitative estimate of drug-likeness (QED) is 0.757. The molecular formula is C15H19N3O4. The zero-order chi connectivity index (χ0) is 16.3. The average molecular weight is 305 g/mol. The van der Waals surface area contributed by atoms with Gasteiger partial charge in [0.05, 0.1) is 0 Å². The van der Waals surface area contributed by atoms with Crippen molar-refractivity contribution in [1.29, 1.82) is 0 Å². The number of carbonyl (C=O) groups is 3. The highest BCUT2D eigenvalue weighted by Gasteiger charge is 2.24. The molecule has 0 spiro atoms. The molecule has 3 N–H and O–H groups in total. The second-order valence-corrected chi connectivity index (χ2v) is 5.46. The van der Waals surface area contributed by atoms with Gasteiger partial charge in [-0.3, -0.25) is 9.69 Å². The van der Waals surface area contributed by atoms with Crippen molar-refractivity contribution < 1.29 is 19.5 Å². The molecule has 1 saturated heterocycles. The Morgan fingerprint density at radius 3 is 2.36 bits per heavy atom. The fourth-order valence-electron chi connectivity index (χ4n) is 2.25. The standard InChI is InChI=1S/C15H19N3O4/c1-9(2)12(14(20)21)17-13(19)10-3-5-11(6-4-10)18-8-7-16-15(18)22/h3-6,9,12H,7-8H2,1-2H3,(H,16,22)(H,17,19)(H,20,21)/t12-/m0/s1. The van der Waals surface area contributed by atoms with Crippen molar-refractivity contribution in [2.24, 2.45) is 5.92 Å². The Bertz CT molecular complexity index is 583. The maximum atomic E-state index is 12.1. The highest BCUT2D eigenvalue weighted by molar-refractivity contribution is 5.98. The van der Waals surface area contributed by atoms with E-state index in [1.54, 1.807) is 43.0 Å². The highest BCUT2D eigenvalue weighted by atomic mass is 16.4. The van der Waals surface area contributed by atoms with Crippen LogP contribution in [0.5, 0.6) is 0 Å². The van der Waals surface area contributed by atoms with E-state index in [0.717, 1.165) is 0 Å². The van der Waals surface area contributed by atoms with Crippen molar-refractivity contribution in [3.63, 3.8) is 0 Å². The number of amides is 3. The molecule has 7 nitrogen and oxygen atoms in total. The molecule has 0 bridgehead atoms. The Kier molecular flexibility index (Phi) is 4.65. The topological polar surface area (TPSA) is 98.7 Å². The van der Waals surface area contributed by atoms with Crippen LogP contribution in [0, 0.1) is 5.92 Å². The van der Waals surface area contributed by atoms with Crippen LogP contribution in [0.4, 0.5) is 10.5 Å². The number of urea groups is 1. The lowest BCUT2D eigenvalue weighted by molar-refractivity contribution is -0.140. The van der Waals surface area contributed by atoms with Gasteiger partial charge in [-0.05, 0) is 30.2 Å². The maximum Gasteiger partial charge on any atom is 0.326 e. The molecule has 0 saturated carbocycles. The number of carbonyl (C=O) groups excluding carboxylic acids is 2. The third-order valence-corrected chi connectivity index (χ3v) is 3.52. The molecule has 0 radical (unpaired) electrons. The molecular weight excluding hydrogens is 286 g/mol. The monoisotopic (exact) mass is 305 g/mol. The minimum absolute atomic E-state index is 0.164. The van der Waals surface area contributed by atoms with Crippen LogP contribution in [-0.2, 0) is 4.79 Å². The molecule has 1 aliphatic rings. The molecule has 0 unspecified atom stereocenters. The number of anilines is 1. The van der Waals surface area contributed by atoms with Gasteiger partial charge >= 0.3 is 12.0 Å². The first-order valence-electron chi connectivity index (χ1n) is 7.09. The molecule has 118 valence electrons. The Hall–Kier alpha value is -2.57. The van der Waals surface area contributed by atoms with Gasteiger partial charge in [0.1, 0.15) is 6.04 Å². The van der Waals surface area contributed by atoms with E-state index in [2.05, 4.69) is 10.6 Å². The Morgan fingerprint density at radius 1 is 1.27 bits per heavy atom. The fourth-order valence-corrected chi connectivity index (χ4v) is 2.25. The summed E-state index contributed by atoms with van der Waals surface area (Å²) in [7, 11) is 0. The molecule has 3 amide bonds. The van der Waals surface area contributed by atoms with E-state index in [0.29, 0.717) is 24.3 Å². The van der Waals surface area contributed by atoms with Gasteiger partial charge in [0, 0.05) is 24.3 Å². The van der Waals surface area contributed by atoms with E-state index in [-0.39, 0.29) is 11.9 Å². The number of nitrogens with one attached hydrogen (secondary N) is 2. The number of carboxylic acids is 1. The zero-order valence-electron chi connectivity index (χ0n) is 12.5.